The van der Waals surface area contributed by atoms with E-state index in [-0.39, 0.29) is 5.54 Å². The van der Waals surface area contributed by atoms with Gasteiger partial charge in [-0.05, 0) is 39.4 Å². The molecule has 0 aliphatic carbocycles. The van der Waals surface area contributed by atoms with Crippen LogP contribution in [0.2, 0.25) is 0 Å². The molecule has 110 valence electrons. The van der Waals surface area contributed by atoms with Crippen molar-refractivity contribution in [3.05, 3.63) is 24.2 Å². The van der Waals surface area contributed by atoms with Gasteiger partial charge in [-0.3, -0.25) is 4.90 Å². The molecule has 0 spiro atoms. The van der Waals surface area contributed by atoms with Crippen molar-refractivity contribution in [1.82, 2.24) is 10.2 Å². The van der Waals surface area contributed by atoms with Gasteiger partial charge >= 0.3 is 0 Å². The molecule has 0 saturated heterocycles. The van der Waals surface area contributed by atoms with Gasteiger partial charge in [0.2, 0.25) is 0 Å². The third-order valence-electron chi connectivity index (χ3n) is 3.09. The van der Waals surface area contributed by atoms with Crippen molar-refractivity contribution in [2.75, 3.05) is 26.8 Å². The average Bonchev–Trinajstić information content (AvgIpc) is 2.83. The molecule has 4 heteroatoms. The molecule has 1 aromatic rings. The number of likely N-dealkylation sites (N-methyl/N-ethyl adjacent to an activating group) is 1. The number of rotatable bonds is 8. The van der Waals surface area contributed by atoms with Gasteiger partial charge in [0.05, 0.1) is 19.4 Å². The third kappa shape index (κ3) is 6.23. The molecule has 1 heterocycles. The number of methoxy groups -OCH3 is 1. The lowest BCUT2D eigenvalue weighted by atomic mass is 10.1. The van der Waals surface area contributed by atoms with Crippen LogP contribution >= 0.6 is 0 Å². The lowest BCUT2D eigenvalue weighted by molar-refractivity contribution is 0.0797. The summed E-state index contributed by atoms with van der Waals surface area (Å²) in [5.41, 5.74) is 0.121. The second-order valence-electron chi connectivity index (χ2n) is 5.88. The average molecular weight is 268 g/mol. The van der Waals surface area contributed by atoms with Crippen LogP contribution in [0.4, 0.5) is 0 Å². The summed E-state index contributed by atoms with van der Waals surface area (Å²) in [5.74, 6) is 0.999. The Hall–Kier alpha value is -0.840. The molecule has 0 bridgehead atoms. The van der Waals surface area contributed by atoms with E-state index in [1.165, 1.54) is 0 Å². The van der Waals surface area contributed by atoms with Gasteiger partial charge in [0.25, 0.3) is 0 Å². The van der Waals surface area contributed by atoms with Crippen LogP contribution in [0.1, 0.15) is 33.5 Å². The number of nitrogens with one attached hydrogen (secondary N) is 1. The summed E-state index contributed by atoms with van der Waals surface area (Å²) >= 11 is 0. The van der Waals surface area contributed by atoms with E-state index in [0.29, 0.717) is 6.04 Å². The molecule has 1 aromatic heterocycles. The maximum atomic E-state index is 5.44. The number of nitrogens with zero attached hydrogens (tertiary/aromatic N) is 1. The number of hydrogen-bond acceptors (Lipinski definition) is 4. The van der Waals surface area contributed by atoms with Gasteiger partial charge in [0.1, 0.15) is 5.76 Å². The minimum absolute atomic E-state index is 0.121. The highest BCUT2D eigenvalue weighted by Crippen LogP contribution is 2.10. The highest BCUT2D eigenvalue weighted by atomic mass is 16.5. The number of hydrogen-bond donors (Lipinski definition) is 1. The summed E-state index contributed by atoms with van der Waals surface area (Å²) in [7, 11) is 1.75. The molecule has 0 amide bonds. The molecule has 19 heavy (non-hydrogen) atoms. The van der Waals surface area contributed by atoms with Crippen LogP contribution in [0.15, 0.2) is 22.8 Å². The van der Waals surface area contributed by atoms with Crippen molar-refractivity contribution < 1.29 is 9.15 Å². The standard InChI is InChI=1S/C15H28N2O2/c1-6-17(11-14-8-7-9-19-14)13(12-18-5)10-16-15(2,3)4/h7-9,13,16H,6,10-12H2,1-5H3. The lowest BCUT2D eigenvalue weighted by Crippen LogP contribution is -2.49. The molecule has 4 nitrogen and oxygen atoms in total. The zero-order valence-electron chi connectivity index (χ0n) is 12.9. The van der Waals surface area contributed by atoms with Gasteiger partial charge in [0, 0.05) is 25.2 Å². The molecule has 0 aliphatic heterocycles. The minimum atomic E-state index is 0.121. The van der Waals surface area contributed by atoms with Gasteiger partial charge < -0.3 is 14.5 Å². The zero-order valence-corrected chi connectivity index (χ0v) is 12.9. The van der Waals surface area contributed by atoms with E-state index in [4.69, 9.17) is 9.15 Å². The summed E-state index contributed by atoms with van der Waals surface area (Å²) in [5, 5.41) is 3.55. The van der Waals surface area contributed by atoms with E-state index in [2.05, 4.69) is 37.9 Å². The van der Waals surface area contributed by atoms with Gasteiger partial charge in [-0.25, -0.2) is 0 Å². The fraction of sp³-hybridized carbons (Fsp3) is 0.733. The fourth-order valence-corrected chi connectivity index (χ4v) is 2.01. The Balaban J connectivity index is 2.60. The van der Waals surface area contributed by atoms with Crippen molar-refractivity contribution in [3.8, 4) is 0 Å². The first-order chi connectivity index (χ1) is 8.96. The predicted octanol–water partition coefficient (Wildman–Crippen LogP) is 2.50. The van der Waals surface area contributed by atoms with Gasteiger partial charge in [-0.1, -0.05) is 6.92 Å². The Bertz CT molecular complexity index is 330. The molecule has 0 aromatic carbocycles. The maximum Gasteiger partial charge on any atom is 0.117 e. The molecule has 0 saturated carbocycles. The molecule has 0 radical (unpaired) electrons. The van der Waals surface area contributed by atoms with E-state index >= 15 is 0 Å². The molecule has 1 unspecified atom stereocenters. The van der Waals surface area contributed by atoms with Crippen LogP contribution in [0.25, 0.3) is 0 Å². The van der Waals surface area contributed by atoms with Crippen molar-refractivity contribution in [2.45, 2.75) is 45.8 Å². The van der Waals surface area contributed by atoms with Crippen LogP contribution in [-0.2, 0) is 11.3 Å². The largest absolute Gasteiger partial charge is 0.468 e. The normalized spacial score (nSPS) is 14.0. The molecule has 0 fully saturated rings. The SMILES string of the molecule is CCN(Cc1ccco1)C(CNC(C)(C)C)COC. The molecule has 1 rings (SSSR count). The third-order valence-corrected chi connectivity index (χ3v) is 3.09. The Morgan fingerprint density at radius 3 is 2.63 bits per heavy atom. The molecule has 1 atom stereocenters. The quantitative estimate of drug-likeness (QED) is 0.786. The van der Waals surface area contributed by atoms with Crippen LogP contribution in [0.3, 0.4) is 0 Å². The van der Waals surface area contributed by atoms with Crippen LogP contribution in [0, 0.1) is 0 Å². The van der Waals surface area contributed by atoms with E-state index in [9.17, 15) is 0 Å². The monoisotopic (exact) mass is 268 g/mol. The second kappa shape index (κ2) is 7.68. The predicted molar refractivity (Wildman–Crippen MR) is 78.2 cm³/mol. The van der Waals surface area contributed by atoms with Gasteiger partial charge in [0.15, 0.2) is 0 Å². The first kappa shape index (κ1) is 16.2. The summed E-state index contributed by atoms with van der Waals surface area (Å²) in [4.78, 5) is 2.38. The Morgan fingerprint density at radius 1 is 1.42 bits per heavy atom. The summed E-state index contributed by atoms with van der Waals surface area (Å²) in [6, 6.07) is 4.30. The van der Waals surface area contributed by atoms with Crippen LogP contribution < -0.4 is 5.32 Å². The molecular formula is C15H28N2O2. The number of furan rings is 1. The second-order valence-corrected chi connectivity index (χ2v) is 5.88. The van der Waals surface area contributed by atoms with Crippen molar-refractivity contribution in [1.29, 1.82) is 0 Å². The van der Waals surface area contributed by atoms with E-state index in [0.717, 1.165) is 32.0 Å². The Morgan fingerprint density at radius 2 is 2.16 bits per heavy atom. The van der Waals surface area contributed by atoms with Crippen molar-refractivity contribution >= 4 is 0 Å². The first-order valence-corrected chi connectivity index (χ1v) is 6.96. The summed E-state index contributed by atoms with van der Waals surface area (Å²) < 4.78 is 10.8. The van der Waals surface area contributed by atoms with Crippen LogP contribution in [0.5, 0.6) is 0 Å². The highest BCUT2D eigenvalue weighted by Gasteiger charge is 2.20. The Kier molecular flexibility index (Phi) is 6.55. The maximum absolute atomic E-state index is 5.44. The summed E-state index contributed by atoms with van der Waals surface area (Å²) in [6.07, 6.45) is 1.72. The Labute approximate surface area is 117 Å². The van der Waals surface area contributed by atoms with E-state index < -0.39 is 0 Å². The van der Waals surface area contributed by atoms with Crippen molar-refractivity contribution in [3.63, 3.8) is 0 Å². The first-order valence-electron chi connectivity index (χ1n) is 6.96. The smallest absolute Gasteiger partial charge is 0.117 e. The van der Waals surface area contributed by atoms with Crippen LogP contribution in [-0.4, -0.2) is 43.3 Å². The summed E-state index contributed by atoms with van der Waals surface area (Å²) in [6.45, 7) is 12.1. The lowest BCUT2D eigenvalue weighted by Gasteiger charge is -2.32. The van der Waals surface area contributed by atoms with E-state index in [1.54, 1.807) is 13.4 Å². The van der Waals surface area contributed by atoms with E-state index in [1.807, 2.05) is 12.1 Å². The van der Waals surface area contributed by atoms with Gasteiger partial charge in [-0.2, -0.15) is 0 Å². The fourth-order valence-electron chi connectivity index (χ4n) is 2.01. The molecular weight excluding hydrogens is 240 g/mol. The van der Waals surface area contributed by atoms with Gasteiger partial charge in [-0.15, -0.1) is 0 Å². The zero-order chi connectivity index (χ0) is 14.3. The van der Waals surface area contributed by atoms with Crippen molar-refractivity contribution in [2.24, 2.45) is 0 Å². The highest BCUT2D eigenvalue weighted by molar-refractivity contribution is 4.98. The number of ether oxygens (including phenoxy) is 1. The molecule has 1 N–H and O–H groups in total. The topological polar surface area (TPSA) is 37.6 Å². The molecule has 0 aliphatic rings. The minimum Gasteiger partial charge on any atom is -0.468 e.